The summed E-state index contributed by atoms with van der Waals surface area (Å²) in [5.74, 6) is 0.670. The zero-order valence-corrected chi connectivity index (χ0v) is 19.6. The lowest BCUT2D eigenvalue weighted by Crippen LogP contribution is -2.11. The van der Waals surface area contributed by atoms with Gasteiger partial charge < -0.3 is 14.0 Å². The number of rotatable bonds is 9. The van der Waals surface area contributed by atoms with Crippen LogP contribution in [-0.2, 0) is 27.9 Å². The lowest BCUT2D eigenvalue weighted by Gasteiger charge is -2.12. The molecule has 9 heteroatoms. The van der Waals surface area contributed by atoms with Crippen molar-refractivity contribution in [2.75, 3.05) is 14.2 Å². The van der Waals surface area contributed by atoms with Crippen LogP contribution in [0.4, 0.5) is 5.69 Å². The van der Waals surface area contributed by atoms with Crippen molar-refractivity contribution in [3.8, 4) is 11.5 Å². The van der Waals surface area contributed by atoms with Gasteiger partial charge in [0, 0.05) is 24.2 Å². The van der Waals surface area contributed by atoms with Crippen molar-refractivity contribution in [3.05, 3.63) is 99.7 Å². The fraction of sp³-hybridized carbons (Fsp3) is 0.200. The van der Waals surface area contributed by atoms with E-state index in [9.17, 15) is 18.5 Å². The highest BCUT2D eigenvalue weighted by Gasteiger charge is 2.25. The molecule has 4 aromatic rings. The Balaban J connectivity index is 1.72. The van der Waals surface area contributed by atoms with Crippen LogP contribution in [0, 0.1) is 10.1 Å². The number of nitro groups is 1. The van der Waals surface area contributed by atoms with Gasteiger partial charge in [-0.3, -0.25) is 10.1 Å². The monoisotopic (exact) mass is 480 g/mol. The van der Waals surface area contributed by atoms with Gasteiger partial charge in [-0.1, -0.05) is 24.3 Å². The summed E-state index contributed by atoms with van der Waals surface area (Å²) in [7, 11) is -0.583. The molecule has 1 aromatic heterocycles. The Morgan fingerprint density at radius 3 is 1.97 bits per heavy atom. The Bertz CT molecular complexity index is 1430. The van der Waals surface area contributed by atoms with Gasteiger partial charge in [-0.05, 0) is 47.5 Å². The minimum Gasteiger partial charge on any atom is -0.497 e. The minimum atomic E-state index is -3.71. The highest BCUT2D eigenvalue weighted by molar-refractivity contribution is 7.89. The van der Waals surface area contributed by atoms with Gasteiger partial charge >= 0.3 is 0 Å². The average Bonchev–Trinajstić information content (AvgIpc) is 3.23. The van der Waals surface area contributed by atoms with E-state index in [1.165, 1.54) is 13.2 Å². The van der Waals surface area contributed by atoms with Gasteiger partial charge in [0.2, 0.25) is 0 Å². The Morgan fingerprint density at radius 1 is 0.824 bits per heavy atom. The number of nitrogens with zero attached hydrogens (tertiary/aromatic N) is 2. The van der Waals surface area contributed by atoms with Crippen molar-refractivity contribution in [1.82, 2.24) is 4.57 Å². The van der Waals surface area contributed by atoms with Crippen LogP contribution in [0.1, 0.15) is 16.7 Å². The highest BCUT2D eigenvalue weighted by atomic mass is 32.2. The number of benzene rings is 3. The van der Waals surface area contributed by atoms with Crippen molar-refractivity contribution in [2.24, 2.45) is 0 Å². The number of hydrogen-bond acceptors (Lipinski definition) is 6. The molecule has 0 spiro atoms. The summed E-state index contributed by atoms with van der Waals surface area (Å²) in [6.07, 6.45) is 1.82. The molecule has 4 rings (SSSR count). The van der Waals surface area contributed by atoms with Crippen LogP contribution in [0.15, 0.2) is 72.9 Å². The van der Waals surface area contributed by atoms with E-state index in [2.05, 4.69) is 0 Å². The first-order valence-electron chi connectivity index (χ1n) is 10.5. The summed E-state index contributed by atoms with van der Waals surface area (Å²) in [5.41, 5.74) is 2.07. The van der Waals surface area contributed by atoms with Crippen molar-refractivity contribution >= 4 is 26.4 Å². The van der Waals surface area contributed by atoms with E-state index >= 15 is 0 Å². The van der Waals surface area contributed by atoms with E-state index < -0.39 is 20.5 Å². The molecule has 34 heavy (non-hydrogen) atoms. The summed E-state index contributed by atoms with van der Waals surface area (Å²) in [6, 6.07) is 19.1. The van der Waals surface area contributed by atoms with Gasteiger partial charge in [0.25, 0.3) is 5.69 Å². The molecule has 0 amide bonds. The first-order chi connectivity index (χ1) is 16.3. The van der Waals surface area contributed by atoms with Crippen LogP contribution in [0.5, 0.6) is 11.5 Å². The fourth-order valence-corrected chi connectivity index (χ4v) is 5.51. The molecule has 0 N–H and O–H groups in total. The largest absolute Gasteiger partial charge is 0.497 e. The predicted molar refractivity (Wildman–Crippen MR) is 130 cm³/mol. The molecule has 0 unspecified atom stereocenters. The maximum absolute atomic E-state index is 13.1. The molecule has 0 fully saturated rings. The summed E-state index contributed by atoms with van der Waals surface area (Å²) in [4.78, 5) is 11.3. The van der Waals surface area contributed by atoms with Crippen molar-refractivity contribution in [2.45, 2.75) is 18.1 Å². The van der Waals surface area contributed by atoms with Gasteiger partial charge in [0.05, 0.1) is 41.7 Å². The van der Waals surface area contributed by atoms with Crippen molar-refractivity contribution in [3.63, 3.8) is 0 Å². The topological polar surface area (TPSA) is 101 Å². The molecule has 1 heterocycles. The lowest BCUT2D eigenvalue weighted by molar-refractivity contribution is -0.385. The summed E-state index contributed by atoms with van der Waals surface area (Å²) < 4.78 is 38.4. The summed E-state index contributed by atoms with van der Waals surface area (Å²) >= 11 is 0. The van der Waals surface area contributed by atoms with Crippen LogP contribution in [0.2, 0.25) is 0 Å². The third-order valence-corrected chi connectivity index (χ3v) is 7.13. The number of fused-ring (bicyclic) bond motifs is 1. The third kappa shape index (κ3) is 5.04. The van der Waals surface area contributed by atoms with E-state index in [-0.39, 0.29) is 17.0 Å². The second-order valence-electron chi connectivity index (χ2n) is 7.93. The second-order valence-corrected chi connectivity index (χ2v) is 9.99. The molecule has 3 aromatic carbocycles. The molecule has 0 aliphatic rings. The Hall–Kier alpha value is -3.85. The van der Waals surface area contributed by atoms with Gasteiger partial charge in [0.15, 0.2) is 9.84 Å². The average molecular weight is 481 g/mol. The standard InChI is InChI=1S/C25H24N2O6S/c1-32-21-8-3-18(4-9-21)15-26-14-13-20-7-12-24(27(28)29)23(25(20)26)17-34(30,31)16-19-5-10-22(33-2)11-6-19/h3-14H,15-17H2,1-2H3. The molecule has 0 aliphatic carbocycles. The molecule has 0 atom stereocenters. The normalized spacial score (nSPS) is 11.5. The number of aromatic nitrogens is 1. The number of ether oxygens (including phenoxy) is 2. The van der Waals surface area contributed by atoms with Crippen LogP contribution in [0.25, 0.3) is 10.9 Å². The summed E-state index contributed by atoms with van der Waals surface area (Å²) in [6.45, 7) is 0.431. The Kier molecular flexibility index (Phi) is 6.56. The van der Waals surface area contributed by atoms with Gasteiger partial charge in [0.1, 0.15) is 11.5 Å². The molecular weight excluding hydrogens is 456 g/mol. The molecular formula is C25H24N2O6S. The lowest BCUT2D eigenvalue weighted by atomic mass is 10.1. The maximum atomic E-state index is 13.1. The van der Waals surface area contributed by atoms with Crippen molar-refractivity contribution in [1.29, 1.82) is 0 Å². The van der Waals surface area contributed by atoms with E-state index in [1.807, 2.05) is 41.1 Å². The maximum Gasteiger partial charge on any atom is 0.275 e. The van der Waals surface area contributed by atoms with Crippen LogP contribution in [0.3, 0.4) is 0 Å². The van der Waals surface area contributed by atoms with Crippen LogP contribution in [-0.4, -0.2) is 32.1 Å². The number of sulfone groups is 1. The smallest absolute Gasteiger partial charge is 0.275 e. The molecule has 0 saturated heterocycles. The zero-order chi connectivity index (χ0) is 24.3. The molecule has 0 aliphatic heterocycles. The van der Waals surface area contributed by atoms with Crippen molar-refractivity contribution < 1.29 is 22.8 Å². The number of nitro benzene ring substituents is 1. The minimum absolute atomic E-state index is 0.189. The molecule has 0 saturated carbocycles. The molecule has 0 radical (unpaired) electrons. The third-order valence-electron chi connectivity index (χ3n) is 5.63. The van der Waals surface area contributed by atoms with Crippen LogP contribution < -0.4 is 9.47 Å². The van der Waals surface area contributed by atoms with Gasteiger partial charge in [-0.25, -0.2) is 8.42 Å². The van der Waals surface area contributed by atoms with Gasteiger partial charge in [-0.2, -0.15) is 0 Å². The fourth-order valence-electron chi connectivity index (χ4n) is 3.98. The molecule has 0 bridgehead atoms. The number of hydrogen-bond donors (Lipinski definition) is 0. The molecule has 176 valence electrons. The first kappa shape index (κ1) is 23.3. The van der Waals surface area contributed by atoms with E-state index in [0.717, 1.165) is 16.7 Å². The highest BCUT2D eigenvalue weighted by Crippen LogP contribution is 2.32. The second kappa shape index (κ2) is 9.56. The quantitative estimate of drug-likeness (QED) is 0.254. The number of methoxy groups -OCH3 is 2. The molecule has 8 nitrogen and oxygen atoms in total. The summed E-state index contributed by atoms with van der Waals surface area (Å²) in [5, 5.41) is 12.6. The Labute approximate surface area is 197 Å². The SMILES string of the molecule is COc1ccc(Cn2ccc3ccc([N+](=O)[O-])c(CS(=O)(=O)Cc4ccc(OC)cc4)c32)cc1. The van der Waals surface area contributed by atoms with Crippen LogP contribution >= 0.6 is 0 Å². The van der Waals surface area contributed by atoms with E-state index in [1.54, 1.807) is 37.4 Å². The first-order valence-corrected chi connectivity index (χ1v) is 12.3. The zero-order valence-electron chi connectivity index (χ0n) is 18.8. The predicted octanol–water partition coefficient (Wildman–Crippen LogP) is 4.73. The van der Waals surface area contributed by atoms with E-state index in [4.69, 9.17) is 9.47 Å². The van der Waals surface area contributed by atoms with E-state index in [0.29, 0.717) is 23.4 Å². The van der Waals surface area contributed by atoms with Gasteiger partial charge in [-0.15, -0.1) is 0 Å². The Morgan fingerprint density at radius 2 is 1.41 bits per heavy atom.